The van der Waals surface area contributed by atoms with E-state index < -0.39 is 0 Å². The van der Waals surface area contributed by atoms with Gasteiger partial charge < -0.3 is 15.6 Å². The van der Waals surface area contributed by atoms with Crippen LogP contribution in [-0.2, 0) is 6.54 Å². The van der Waals surface area contributed by atoms with Gasteiger partial charge in [0.1, 0.15) is 5.82 Å². The number of pyridine rings is 1. The van der Waals surface area contributed by atoms with Crippen LogP contribution in [0.5, 0.6) is 0 Å². The Morgan fingerprint density at radius 3 is 3.00 bits per heavy atom. The third-order valence-electron chi connectivity index (χ3n) is 3.16. The average molecular weight is 331 g/mol. The van der Waals surface area contributed by atoms with E-state index in [1.165, 1.54) is 10.9 Å². The number of hydrogen-bond donors (Lipinski definition) is 3. The molecule has 0 radical (unpaired) electrons. The first-order chi connectivity index (χ1) is 9.78. The summed E-state index contributed by atoms with van der Waals surface area (Å²) in [6, 6.07) is 10.1. The van der Waals surface area contributed by atoms with Crippen LogP contribution in [0, 0.1) is 0 Å². The van der Waals surface area contributed by atoms with Crippen LogP contribution in [0.2, 0.25) is 0 Å². The minimum absolute atomic E-state index is 0.814. The van der Waals surface area contributed by atoms with Gasteiger partial charge >= 0.3 is 0 Å². The van der Waals surface area contributed by atoms with Gasteiger partial charge in [0.25, 0.3) is 0 Å². The lowest BCUT2D eigenvalue weighted by Crippen LogP contribution is -2.03. The first-order valence-electron chi connectivity index (χ1n) is 6.40. The van der Waals surface area contributed by atoms with Crippen LogP contribution in [0.4, 0.5) is 11.5 Å². The largest absolute Gasteiger partial charge is 0.361 e. The molecule has 1 aromatic carbocycles. The number of aromatic nitrogens is 2. The van der Waals surface area contributed by atoms with Gasteiger partial charge in [-0.2, -0.15) is 0 Å². The van der Waals surface area contributed by atoms with E-state index in [-0.39, 0.29) is 0 Å². The maximum Gasteiger partial charge on any atom is 0.144 e. The Balaban J connectivity index is 1.92. The highest BCUT2D eigenvalue weighted by Gasteiger charge is 2.05. The standard InChI is InChI=1S/C15H15BrN4/c1-17-8-10-9-19-14-7-11(4-5-12(10)14)20-15-13(16)3-2-6-18-15/h2-7,9,17,19H,8H2,1H3,(H,18,20). The van der Waals surface area contributed by atoms with E-state index in [2.05, 4.69) is 54.7 Å². The van der Waals surface area contributed by atoms with Gasteiger partial charge in [0.05, 0.1) is 4.47 Å². The lowest BCUT2D eigenvalue weighted by molar-refractivity contribution is 0.823. The highest BCUT2D eigenvalue weighted by atomic mass is 79.9. The van der Waals surface area contributed by atoms with Gasteiger partial charge in [-0.05, 0) is 52.8 Å². The van der Waals surface area contributed by atoms with Crippen molar-refractivity contribution < 1.29 is 0 Å². The summed E-state index contributed by atoms with van der Waals surface area (Å²) in [6.07, 6.45) is 3.81. The van der Waals surface area contributed by atoms with Gasteiger partial charge in [0.2, 0.25) is 0 Å². The van der Waals surface area contributed by atoms with Gasteiger partial charge in [-0.25, -0.2) is 4.98 Å². The topological polar surface area (TPSA) is 52.7 Å². The fourth-order valence-corrected chi connectivity index (χ4v) is 2.57. The van der Waals surface area contributed by atoms with Crippen molar-refractivity contribution in [3.63, 3.8) is 0 Å². The quantitative estimate of drug-likeness (QED) is 0.682. The van der Waals surface area contributed by atoms with E-state index in [4.69, 9.17) is 0 Å². The average Bonchev–Trinajstić information content (AvgIpc) is 2.85. The number of hydrogen-bond acceptors (Lipinski definition) is 3. The van der Waals surface area contributed by atoms with Crippen molar-refractivity contribution in [2.45, 2.75) is 6.54 Å². The van der Waals surface area contributed by atoms with Crippen molar-refractivity contribution >= 4 is 38.3 Å². The molecule has 3 N–H and O–H groups in total. The summed E-state index contributed by atoms with van der Waals surface area (Å²) in [6.45, 7) is 0.860. The summed E-state index contributed by atoms with van der Waals surface area (Å²) in [5.74, 6) is 0.814. The maximum absolute atomic E-state index is 4.31. The lowest BCUT2D eigenvalue weighted by Gasteiger charge is -2.07. The van der Waals surface area contributed by atoms with E-state index >= 15 is 0 Å². The molecule has 2 heterocycles. The van der Waals surface area contributed by atoms with E-state index in [0.29, 0.717) is 0 Å². The van der Waals surface area contributed by atoms with Gasteiger partial charge in [-0.15, -0.1) is 0 Å². The molecule has 102 valence electrons. The van der Waals surface area contributed by atoms with E-state index in [0.717, 1.165) is 28.0 Å². The molecule has 0 fully saturated rings. The maximum atomic E-state index is 4.31. The van der Waals surface area contributed by atoms with Crippen LogP contribution >= 0.6 is 15.9 Å². The normalized spacial score (nSPS) is 10.9. The van der Waals surface area contributed by atoms with Crippen LogP contribution in [-0.4, -0.2) is 17.0 Å². The molecule has 4 nitrogen and oxygen atoms in total. The summed E-state index contributed by atoms with van der Waals surface area (Å²) in [7, 11) is 1.95. The summed E-state index contributed by atoms with van der Waals surface area (Å²) in [4.78, 5) is 7.61. The molecular formula is C15H15BrN4. The Hall–Kier alpha value is -1.85. The van der Waals surface area contributed by atoms with Crippen LogP contribution in [0.25, 0.3) is 10.9 Å². The number of benzene rings is 1. The number of H-pyrrole nitrogens is 1. The first kappa shape index (κ1) is 13.1. The highest BCUT2D eigenvalue weighted by Crippen LogP contribution is 2.26. The van der Waals surface area contributed by atoms with Crippen molar-refractivity contribution in [1.82, 2.24) is 15.3 Å². The molecule has 0 bridgehead atoms. The Morgan fingerprint density at radius 2 is 2.20 bits per heavy atom. The van der Waals surface area contributed by atoms with Crippen LogP contribution in [0.3, 0.4) is 0 Å². The predicted octanol–water partition coefficient (Wildman–Crippen LogP) is 3.79. The van der Waals surface area contributed by atoms with Crippen molar-refractivity contribution in [2.24, 2.45) is 0 Å². The Morgan fingerprint density at radius 1 is 1.30 bits per heavy atom. The number of nitrogens with one attached hydrogen (secondary N) is 3. The second kappa shape index (κ2) is 5.64. The van der Waals surface area contributed by atoms with Gasteiger partial charge in [-0.3, -0.25) is 0 Å². The monoisotopic (exact) mass is 330 g/mol. The summed E-state index contributed by atoms with van der Waals surface area (Å²) in [5.41, 5.74) is 3.40. The molecule has 3 aromatic rings. The third-order valence-corrected chi connectivity index (χ3v) is 3.80. The zero-order chi connectivity index (χ0) is 13.9. The fourth-order valence-electron chi connectivity index (χ4n) is 2.22. The molecule has 3 rings (SSSR count). The highest BCUT2D eigenvalue weighted by molar-refractivity contribution is 9.10. The smallest absolute Gasteiger partial charge is 0.144 e. The Kier molecular flexibility index (Phi) is 3.71. The van der Waals surface area contributed by atoms with Crippen molar-refractivity contribution in [3.8, 4) is 0 Å². The molecule has 0 saturated heterocycles. The number of halogens is 1. The molecule has 2 aromatic heterocycles. The molecule has 0 spiro atoms. The Labute approximate surface area is 125 Å². The van der Waals surface area contributed by atoms with Gasteiger partial charge in [-0.1, -0.05) is 6.07 Å². The predicted molar refractivity (Wildman–Crippen MR) is 86.3 cm³/mol. The van der Waals surface area contributed by atoms with Gasteiger partial charge in [0.15, 0.2) is 0 Å². The number of anilines is 2. The number of rotatable bonds is 4. The van der Waals surface area contributed by atoms with E-state index in [1.807, 2.05) is 25.4 Å². The SMILES string of the molecule is CNCc1c[nH]c2cc(Nc3ncccc3Br)ccc12. The summed E-state index contributed by atoms with van der Waals surface area (Å²) < 4.78 is 0.947. The van der Waals surface area contributed by atoms with Crippen molar-refractivity contribution in [3.05, 3.63) is 52.8 Å². The molecule has 5 heteroatoms. The van der Waals surface area contributed by atoms with Crippen LogP contribution in [0.1, 0.15) is 5.56 Å². The number of nitrogens with zero attached hydrogens (tertiary/aromatic N) is 1. The molecule has 0 amide bonds. The minimum Gasteiger partial charge on any atom is -0.361 e. The van der Waals surface area contributed by atoms with E-state index in [9.17, 15) is 0 Å². The molecule has 0 aliphatic carbocycles. The second-order valence-electron chi connectivity index (χ2n) is 4.56. The fraction of sp³-hybridized carbons (Fsp3) is 0.133. The van der Waals surface area contributed by atoms with Gasteiger partial charge in [0, 0.05) is 35.5 Å². The van der Waals surface area contributed by atoms with Crippen LogP contribution < -0.4 is 10.6 Å². The Bertz CT molecular complexity index is 736. The number of aromatic amines is 1. The van der Waals surface area contributed by atoms with Crippen LogP contribution in [0.15, 0.2) is 47.2 Å². The third kappa shape index (κ3) is 2.55. The zero-order valence-electron chi connectivity index (χ0n) is 11.1. The first-order valence-corrected chi connectivity index (χ1v) is 7.19. The van der Waals surface area contributed by atoms with Crippen molar-refractivity contribution in [1.29, 1.82) is 0 Å². The lowest BCUT2D eigenvalue weighted by atomic mass is 10.1. The van der Waals surface area contributed by atoms with Crippen molar-refractivity contribution in [2.75, 3.05) is 12.4 Å². The molecule has 20 heavy (non-hydrogen) atoms. The summed E-state index contributed by atoms with van der Waals surface area (Å²) >= 11 is 3.49. The molecule has 0 saturated carbocycles. The molecule has 0 unspecified atom stereocenters. The zero-order valence-corrected chi connectivity index (χ0v) is 12.7. The molecule has 0 aliphatic rings. The summed E-state index contributed by atoms with van der Waals surface area (Å²) in [5, 5.41) is 7.73. The van der Waals surface area contributed by atoms with E-state index in [1.54, 1.807) is 6.20 Å². The molecular weight excluding hydrogens is 316 g/mol. The molecule has 0 atom stereocenters. The second-order valence-corrected chi connectivity index (χ2v) is 5.42. The number of fused-ring (bicyclic) bond motifs is 1. The molecule has 0 aliphatic heterocycles. The minimum atomic E-state index is 0.814.